The fraction of sp³-hybridized carbons (Fsp3) is 0.387. The Labute approximate surface area is 266 Å². The van der Waals surface area contributed by atoms with E-state index in [0.717, 1.165) is 5.69 Å². The maximum atomic E-state index is 12.9. The SMILES string of the molecule is CCN(C)C1(C(N)=O)CCN(c2nc(CC(=O)NC(C)CO)nc3c2nc(-c2ccccc2Cl)n3-c2ccc(Cl)cc2)CC1. The summed E-state index contributed by atoms with van der Waals surface area (Å²) in [5, 5.41) is 13.3. The van der Waals surface area contributed by atoms with E-state index in [1.807, 2.05) is 53.8 Å². The van der Waals surface area contributed by atoms with Crippen molar-refractivity contribution in [3.05, 3.63) is 64.4 Å². The molecule has 11 nitrogen and oxygen atoms in total. The second-order valence-corrected chi connectivity index (χ2v) is 11.9. The molecule has 0 saturated carbocycles. The van der Waals surface area contributed by atoms with E-state index in [2.05, 4.69) is 10.2 Å². The molecule has 2 amide bonds. The molecule has 1 aliphatic rings. The molecule has 0 spiro atoms. The Morgan fingerprint density at radius 2 is 1.77 bits per heavy atom. The number of aliphatic hydroxyl groups excluding tert-OH is 1. The van der Waals surface area contributed by atoms with E-state index in [4.69, 9.17) is 43.9 Å². The minimum Gasteiger partial charge on any atom is -0.394 e. The number of rotatable bonds is 10. The number of carbonyl (C=O) groups is 2. The Bertz CT molecular complexity index is 1670. The molecule has 2 aromatic carbocycles. The standard InChI is InChI=1S/C31H36Cl2N8O3/c1-4-39(3)31(30(34)44)13-15-40(16-14-31)28-26-29(37-24(36-28)17-25(43)35-19(2)18-42)41(21-11-9-20(32)10-12-21)27(38-26)22-7-5-6-8-23(22)33/h5-12,19,42H,4,13-18H2,1-3H3,(H2,34,44)(H,35,43). The largest absolute Gasteiger partial charge is 0.394 e. The van der Waals surface area contributed by atoms with Gasteiger partial charge in [0.2, 0.25) is 11.8 Å². The molecular formula is C31H36Cl2N8O3. The first-order chi connectivity index (χ1) is 21.1. The Morgan fingerprint density at radius 3 is 2.39 bits per heavy atom. The third-order valence-electron chi connectivity index (χ3n) is 8.29. The number of halogens is 2. The topological polar surface area (TPSA) is 142 Å². The third kappa shape index (κ3) is 6.10. The third-order valence-corrected chi connectivity index (χ3v) is 8.87. The number of aromatic nitrogens is 4. The van der Waals surface area contributed by atoms with E-state index in [1.54, 1.807) is 25.1 Å². The average Bonchev–Trinajstić information content (AvgIpc) is 3.39. The van der Waals surface area contributed by atoms with Gasteiger partial charge in [-0.15, -0.1) is 0 Å². The van der Waals surface area contributed by atoms with Crippen molar-refractivity contribution >= 4 is 52.0 Å². The van der Waals surface area contributed by atoms with Crippen molar-refractivity contribution < 1.29 is 14.7 Å². The summed E-state index contributed by atoms with van der Waals surface area (Å²) < 4.78 is 1.89. The van der Waals surface area contributed by atoms with Gasteiger partial charge in [0.15, 0.2) is 17.0 Å². The van der Waals surface area contributed by atoms with Gasteiger partial charge >= 0.3 is 0 Å². The Kier molecular flexibility index (Phi) is 9.40. The number of nitrogens with one attached hydrogen (secondary N) is 1. The summed E-state index contributed by atoms with van der Waals surface area (Å²) in [6, 6.07) is 14.3. The molecule has 1 saturated heterocycles. The molecule has 232 valence electrons. The zero-order chi connectivity index (χ0) is 31.6. The van der Waals surface area contributed by atoms with Crippen LogP contribution in [0.4, 0.5) is 5.82 Å². The van der Waals surface area contributed by atoms with Gasteiger partial charge in [0.1, 0.15) is 17.2 Å². The monoisotopic (exact) mass is 638 g/mol. The van der Waals surface area contributed by atoms with Crippen molar-refractivity contribution in [2.45, 2.75) is 44.7 Å². The highest BCUT2D eigenvalue weighted by Gasteiger charge is 2.43. The molecule has 1 atom stereocenters. The number of hydrogen-bond acceptors (Lipinski definition) is 8. The summed E-state index contributed by atoms with van der Waals surface area (Å²) in [6.45, 7) is 5.18. The highest BCUT2D eigenvalue weighted by molar-refractivity contribution is 6.33. The lowest BCUT2D eigenvalue weighted by Gasteiger charge is -2.45. The first-order valence-corrected chi connectivity index (χ1v) is 15.3. The quantitative estimate of drug-likeness (QED) is 0.239. The number of fused-ring (bicyclic) bond motifs is 1. The molecule has 4 aromatic rings. The van der Waals surface area contributed by atoms with Gasteiger partial charge in [0.05, 0.1) is 18.1 Å². The van der Waals surface area contributed by atoms with Crippen molar-refractivity contribution in [3.63, 3.8) is 0 Å². The second-order valence-electron chi connectivity index (χ2n) is 11.1. The number of amides is 2. The molecule has 2 aromatic heterocycles. The van der Waals surface area contributed by atoms with Crippen LogP contribution in [0.1, 0.15) is 32.5 Å². The summed E-state index contributed by atoms with van der Waals surface area (Å²) in [5.74, 6) is 0.710. The Morgan fingerprint density at radius 1 is 1.09 bits per heavy atom. The maximum absolute atomic E-state index is 12.9. The average molecular weight is 640 g/mol. The lowest BCUT2D eigenvalue weighted by molar-refractivity contribution is -0.130. The zero-order valence-electron chi connectivity index (χ0n) is 24.9. The molecule has 3 heterocycles. The molecule has 5 rings (SSSR count). The number of nitrogens with zero attached hydrogens (tertiary/aromatic N) is 6. The van der Waals surface area contributed by atoms with Gasteiger partial charge in [-0.2, -0.15) is 0 Å². The van der Waals surface area contributed by atoms with Crippen LogP contribution in [0, 0.1) is 0 Å². The molecule has 0 radical (unpaired) electrons. The van der Waals surface area contributed by atoms with Gasteiger partial charge in [-0.3, -0.25) is 19.1 Å². The van der Waals surface area contributed by atoms with Crippen LogP contribution in [0.3, 0.4) is 0 Å². The van der Waals surface area contributed by atoms with Crippen LogP contribution in [0.25, 0.3) is 28.2 Å². The highest BCUT2D eigenvalue weighted by atomic mass is 35.5. The van der Waals surface area contributed by atoms with Gasteiger partial charge in [-0.05, 0) is 69.8 Å². The van der Waals surface area contributed by atoms with Gasteiger partial charge in [-0.1, -0.05) is 42.3 Å². The van der Waals surface area contributed by atoms with Gasteiger partial charge in [0.25, 0.3) is 0 Å². The molecule has 1 fully saturated rings. The molecule has 13 heteroatoms. The summed E-state index contributed by atoms with van der Waals surface area (Å²) in [5.41, 5.74) is 7.62. The van der Waals surface area contributed by atoms with Crippen molar-refractivity contribution in [3.8, 4) is 17.1 Å². The van der Waals surface area contributed by atoms with E-state index in [9.17, 15) is 14.7 Å². The predicted molar refractivity (Wildman–Crippen MR) is 172 cm³/mol. The summed E-state index contributed by atoms with van der Waals surface area (Å²) >= 11 is 12.9. The molecule has 1 aliphatic heterocycles. The van der Waals surface area contributed by atoms with Gasteiger partial charge in [0, 0.05) is 35.4 Å². The van der Waals surface area contributed by atoms with Crippen molar-refractivity contribution in [1.82, 2.24) is 29.7 Å². The van der Waals surface area contributed by atoms with Crippen LogP contribution in [0.15, 0.2) is 48.5 Å². The van der Waals surface area contributed by atoms with E-state index >= 15 is 0 Å². The fourth-order valence-corrected chi connectivity index (χ4v) is 6.01. The number of hydrogen-bond donors (Lipinski definition) is 3. The van der Waals surface area contributed by atoms with E-state index in [1.165, 1.54) is 0 Å². The summed E-state index contributed by atoms with van der Waals surface area (Å²) in [6.07, 6.45) is 0.882. The number of primary amides is 1. The van der Waals surface area contributed by atoms with Crippen LogP contribution < -0.4 is 16.0 Å². The smallest absolute Gasteiger partial charge is 0.238 e. The minimum absolute atomic E-state index is 0.113. The second kappa shape index (κ2) is 13.1. The predicted octanol–water partition coefficient (Wildman–Crippen LogP) is 3.60. The molecule has 4 N–H and O–H groups in total. The fourth-order valence-electron chi connectivity index (χ4n) is 5.67. The van der Waals surface area contributed by atoms with Crippen LogP contribution in [-0.2, 0) is 16.0 Å². The van der Waals surface area contributed by atoms with Crippen LogP contribution in [0.5, 0.6) is 0 Å². The number of aliphatic hydroxyl groups is 1. The first kappa shape index (κ1) is 31.6. The maximum Gasteiger partial charge on any atom is 0.238 e. The number of imidazole rings is 1. The summed E-state index contributed by atoms with van der Waals surface area (Å²) in [7, 11) is 1.91. The molecule has 44 heavy (non-hydrogen) atoms. The number of carbonyl (C=O) groups excluding carboxylic acids is 2. The van der Waals surface area contributed by atoms with Gasteiger partial charge in [-0.25, -0.2) is 15.0 Å². The molecule has 0 bridgehead atoms. The van der Waals surface area contributed by atoms with Crippen LogP contribution in [-0.4, -0.2) is 86.2 Å². The highest BCUT2D eigenvalue weighted by Crippen LogP contribution is 2.37. The van der Waals surface area contributed by atoms with Gasteiger partial charge < -0.3 is 21.1 Å². The summed E-state index contributed by atoms with van der Waals surface area (Å²) in [4.78, 5) is 44.4. The number of piperidine rings is 1. The molecule has 0 aliphatic carbocycles. The van der Waals surface area contributed by atoms with E-state index in [0.29, 0.717) is 70.9 Å². The van der Waals surface area contributed by atoms with E-state index < -0.39 is 11.6 Å². The molecular weight excluding hydrogens is 603 g/mol. The van der Waals surface area contributed by atoms with E-state index in [-0.39, 0.29) is 30.7 Å². The van der Waals surface area contributed by atoms with Crippen molar-refractivity contribution in [2.24, 2.45) is 5.73 Å². The van der Waals surface area contributed by atoms with Crippen LogP contribution in [0.2, 0.25) is 10.0 Å². The number of nitrogens with two attached hydrogens (primary N) is 1. The van der Waals surface area contributed by atoms with Crippen molar-refractivity contribution in [1.29, 1.82) is 0 Å². The lowest BCUT2D eigenvalue weighted by Crippen LogP contribution is -2.61. The van der Waals surface area contributed by atoms with Crippen LogP contribution >= 0.6 is 23.2 Å². The Balaban J connectivity index is 1.70. The molecule has 1 unspecified atom stereocenters. The number of benzene rings is 2. The lowest BCUT2D eigenvalue weighted by atomic mass is 9.85. The first-order valence-electron chi connectivity index (χ1n) is 14.5. The Hall–Kier alpha value is -3.77. The zero-order valence-corrected chi connectivity index (χ0v) is 26.4. The number of likely N-dealkylation sites (N-methyl/N-ethyl adjacent to an activating group) is 1. The minimum atomic E-state index is -0.772. The van der Waals surface area contributed by atoms with Crippen molar-refractivity contribution in [2.75, 3.05) is 38.2 Å². The normalized spacial score (nSPS) is 15.5. The number of anilines is 1.